The molecule has 1 heterocycles. The summed E-state index contributed by atoms with van der Waals surface area (Å²) < 4.78 is 18.7. The second kappa shape index (κ2) is 8.31. The fourth-order valence-electron chi connectivity index (χ4n) is 2.13. The molecule has 0 radical (unpaired) electrons. The van der Waals surface area contributed by atoms with Crippen LogP contribution >= 0.6 is 0 Å². The van der Waals surface area contributed by atoms with Crippen LogP contribution in [0.4, 0.5) is 0 Å². The average Bonchev–Trinajstić information content (AvgIpc) is 2.71. The third-order valence-electron chi connectivity index (χ3n) is 2.89. The van der Waals surface area contributed by atoms with E-state index in [-0.39, 0.29) is 11.8 Å². The maximum atomic E-state index is 9.59. The van der Waals surface area contributed by atoms with E-state index in [9.17, 15) is 10.2 Å². The largest absolute Gasteiger partial charge is 0.500 e. The maximum absolute atomic E-state index is 9.59. The molecule has 2 N–H and O–H groups in total. The van der Waals surface area contributed by atoms with Crippen molar-refractivity contribution in [2.24, 2.45) is 0 Å². The summed E-state index contributed by atoms with van der Waals surface area (Å²) in [5.74, 6) is 0.109. The summed E-state index contributed by atoms with van der Waals surface area (Å²) in [4.78, 5) is 0. The molecule has 0 fully saturated rings. The summed E-state index contributed by atoms with van der Waals surface area (Å²) in [6.07, 6.45) is 0.696. The predicted octanol–water partition coefficient (Wildman–Crippen LogP) is 2.34. The molecular formula is C13H25NO5Si. The lowest BCUT2D eigenvalue weighted by Gasteiger charge is -2.28. The first-order valence-electron chi connectivity index (χ1n) is 7.07. The zero-order chi connectivity index (χ0) is 15.0. The van der Waals surface area contributed by atoms with Gasteiger partial charge in [-0.1, -0.05) is 0 Å². The predicted molar refractivity (Wildman–Crippen MR) is 77.8 cm³/mol. The van der Waals surface area contributed by atoms with Gasteiger partial charge in [0.15, 0.2) is 11.8 Å². The van der Waals surface area contributed by atoms with Crippen molar-refractivity contribution in [1.29, 1.82) is 0 Å². The molecule has 1 aromatic heterocycles. The van der Waals surface area contributed by atoms with Crippen molar-refractivity contribution in [2.75, 3.05) is 19.8 Å². The number of nitrogens with zero attached hydrogens (tertiary/aromatic N) is 1. The normalized spacial score (nSPS) is 11.9. The molecule has 0 saturated heterocycles. The number of aromatic hydroxyl groups is 2. The van der Waals surface area contributed by atoms with Crippen LogP contribution in [-0.4, -0.2) is 43.4 Å². The van der Waals surface area contributed by atoms with Crippen molar-refractivity contribution in [2.45, 2.75) is 39.8 Å². The first kappa shape index (κ1) is 17.0. The van der Waals surface area contributed by atoms with Gasteiger partial charge in [0.25, 0.3) is 0 Å². The number of hydrogen-bond donors (Lipinski definition) is 2. The highest BCUT2D eigenvalue weighted by Crippen LogP contribution is 2.24. The molecule has 0 amide bonds. The number of rotatable bonds is 10. The van der Waals surface area contributed by atoms with E-state index < -0.39 is 8.80 Å². The van der Waals surface area contributed by atoms with Crippen LogP contribution < -0.4 is 0 Å². The van der Waals surface area contributed by atoms with Gasteiger partial charge in [0.1, 0.15) is 0 Å². The van der Waals surface area contributed by atoms with Gasteiger partial charge in [-0.2, -0.15) is 0 Å². The van der Waals surface area contributed by atoms with Crippen LogP contribution in [0.5, 0.6) is 11.8 Å². The Morgan fingerprint density at radius 2 is 1.40 bits per heavy atom. The Morgan fingerprint density at radius 1 is 0.950 bits per heavy atom. The molecule has 1 rings (SSSR count). The summed E-state index contributed by atoms with van der Waals surface area (Å²) in [5, 5.41) is 19.2. The maximum Gasteiger partial charge on any atom is 0.500 e. The van der Waals surface area contributed by atoms with E-state index in [0.29, 0.717) is 38.8 Å². The highest BCUT2D eigenvalue weighted by Gasteiger charge is 2.39. The van der Waals surface area contributed by atoms with Crippen LogP contribution in [0.15, 0.2) is 12.1 Å². The highest BCUT2D eigenvalue weighted by atomic mass is 28.4. The quantitative estimate of drug-likeness (QED) is 0.649. The molecule has 0 spiro atoms. The Morgan fingerprint density at radius 3 is 1.80 bits per heavy atom. The van der Waals surface area contributed by atoms with E-state index in [1.54, 1.807) is 0 Å². The molecule has 0 bridgehead atoms. The van der Waals surface area contributed by atoms with Crippen molar-refractivity contribution < 1.29 is 23.5 Å². The molecule has 20 heavy (non-hydrogen) atoms. The van der Waals surface area contributed by atoms with Crippen molar-refractivity contribution in [3.8, 4) is 11.8 Å². The van der Waals surface area contributed by atoms with E-state index in [1.165, 1.54) is 16.7 Å². The first-order chi connectivity index (χ1) is 9.58. The van der Waals surface area contributed by atoms with Crippen LogP contribution in [0.25, 0.3) is 0 Å². The Kier molecular flexibility index (Phi) is 7.07. The lowest BCUT2D eigenvalue weighted by atomic mass is 10.5. The van der Waals surface area contributed by atoms with Crippen molar-refractivity contribution >= 4 is 8.80 Å². The molecule has 116 valence electrons. The van der Waals surface area contributed by atoms with Crippen molar-refractivity contribution in [3.05, 3.63) is 12.1 Å². The van der Waals surface area contributed by atoms with Gasteiger partial charge in [0.2, 0.25) is 0 Å². The summed E-state index contributed by atoms with van der Waals surface area (Å²) in [6.45, 7) is 7.90. The van der Waals surface area contributed by atoms with Crippen LogP contribution in [0.1, 0.15) is 27.2 Å². The SMILES string of the molecule is CCO[Si](CCCn1c(O)ccc1O)(OCC)OCC. The molecule has 1 aromatic rings. The molecular weight excluding hydrogens is 278 g/mol. The summed E-state index contributed by atoms with van der Waals surface area (Å²) in [5.41, 5.74) is 0. The van der Waals surface area contributed by atoms with E-state index in [1.807, 2.05) is 20.8 Å². The highest BCUT2D eigenvalue weighted by molar-refractivity contribution is 6.60. The Hall–Kier alpha value is -1.02. The third kappa shape index (κ3) is 4.52. The molecule has 0 aliphatic rings. The van der Waals surface area contributed by atoms with Gasteiger partial charge in [-0.05, 0) is 27.2 Å². The lowest BCUT2D eigenvalue weighted by molar-refractivity contribution is 0.0704. The summed E-state index contributed by atoms with van der Waals surface area (Å²) in [6, 6.07) is 3.58. The van der Waals surface area contributed by atoms with Crippen molar-refractivity contribution in [3.63, 3.8) is 0 Å². The minimum Gasteiger partial charge on any atom is -0.494 e. The molecule has 0 unspecified atom stereocenters. The Bertz CT molecular complexity index is 360. The minimum absolute atomic E-state index is 0.0546. The average molecular weight is 303 g/mol. The van der Waals surface area contributed by atoms with E-state index in [2.05, 4.69) is 0 Å². The third-order valence-corrected chi connectivity index (χ3v) is 6.04. The van der Waals surface area contributed by atoms with E-state index >= 15 is 0 Å². The monoisotopic (exact) mass is 303 g/mol. The van der Waals surface area contributed by atoms with Gasteiger partial charge in [0, 0.05) is 44.5 Å². The second-order valence-electron chi connectivity index (χ2n) is 4.29. The van der Waals surface area contributed by atoms with Gasteiger partial charge in [-0.3, -0.25) is 4.57 Å². The van der Waals surface area contributed by atoms with Crippen LogP contribution in [0, 0.1) is 0 Å². The fourth-order valence-corrected chi connectivity index (χ4v) is 4.72. The standard InChI is InChI=1S/C13H25NO5Si/c1-4-17-20(18-5-2,19-6-3)11-7-10-14-12(15)8-9-13(14)16/h8-9,15-16H,4-7,10-11H2,1-3H3. The molecule has 0 atom stereocenters. The molecule has 6 nitrogen and oxygen atoms in total. The van der Waals surface area contributed by atoms with E-state index in [4.69, 9.17) is 13.3 Å². The van der Waals surface area contributed by atoms with Crippen LogP contribution in [0.2, 0.25) is 6.04 Å². The van der Waals surface area contributed by atoms with Gasteiger partial charge in [-0.25, -0.2) is 0 Å². The molecule has 0 aliphatic carbocycles. The van der Waals surface area contributed by atoms with Gasteiger partial charge in [-0.15, -0.1) is 0 Å². The number of aromatic nitrogens is 1. The smallest absolute Gasteiger partial charge is 0.494 e. The first-order valence-corrected chi connectivity index (χ1v) is 9.01. The topological polar surface area (TPSA) is 73.1 Å². The second-order valence-corrected chi connectivity index (χ2v) is 7.02. The fraction of sp³-hybridized carbons (Fsp3) is 0.692. The van der Waals surface area contributed by atoms with Crippen LogP contribution in [-0.2, 0) is 19.8 Å². The van der Waals surface area contributed by atoms with Crippen molar-refractivity contribution in [1.82, 2.24) is 4.57 Å². The molecule has 7 heteroatoms. The van der Waals surface area contributed by atoms with Gasteiger partial charge < -0.3 is 23.5 Å². The van der Waals surface area contributed by atoms with Crippen LogP contribution in [0.3, 0.4) is 0 Å². The summed E-state index contributed by atoms with van der Waals surface area (Å²) >= 11 is 0. The zero-order valence-corrected chi connectivity index (χ0v) is 13.5. The molecule has 0 aliphatic heterocycles. The Labute approximate surface area is 121 Å². The Balaban J connectivity index is 2.61. The minimum atomic E-state index is -2.64. The zero-order valence-electron chi connectivity index (χ0n) is 12.5. The summed E-state index contributed by atoms with van der Waals surface area (Å²) in [7, 11) is -2.64. The lowest BCUT2D eigenvalue weighted by Crippen LogP contribution is -2.46. The van der Waals surface area contributed by atoms with Gasteiger partial charge >= 0.3 is 8.80 Å². The molecule has 0 saturated carbocycles. The number of hydrogen-bond acceptors (Lipinski definition) is 5. The van der Waals surface area contributed by atoms with Gasteiger partial charge in [0.05, 0.1) is 0 Å². The van der Waals surface area contributed by atoms with E-state index in [0.717, 1.165) is 0 Å². The molecule has 0 aromatic carbocycles.